The number of aliphatic hydroxyl groups is 1. The molecule has 0 amide bonds. The summed E-state index contributed by atoms with van der Waals surface area (Å²) in [6.07, 6.45) is 4.23. The first-order chi connectivity index (χ1) is 9.74. The molecule has 4 nitrogen and oxygen atoms in total. The van der Waals surface area contributed by atoms with Crippen molar-refractivity contribution in [2.75, 3.05) is 26.7 Å². The van der Waals surface area contributed by atoms with E-state index in [-0.39, 0.29) is 0 Å². The summed E-state index contributed by atoms with van der Waals surface area (Å²) in [4.78, 5) is 2.39. The van der Waals surface area contributed by atoms with Crippen molar-refractivity contribution in [2.24, 2.45) is 5.73 Å². The molecule has 2 atom stereocenters. The van der Waals surface area contributed by atoms with E-state index in [0.717, 1.165) is 30.8 Å². The Kier molecular flexibility index (Phi) is 5.83. The Bertz CT molecular complexity index is 409. The average molecular weight is 278 g/mol. The molecule has 0 aliphatic carbocycles. The number of benzene rings is 1. The Morgan fingerprint density at radius 2 is 2.30 bits per heavy atom. The molecular formula is C16H26N2O2. The Labute approximate surface area is 121 Å². The normalized spacial score (nSPS) is 21.6. The van der Waals surface area contributed by atoms with Gasteiger partial charge in [-0.2, -0.15) is 0 Å². The molecule has 2 unspecified atom stereocenters. The van der Waals surface area contributed by atoms with Gasteiger partial charge in [-0.05, 0) is 50.0 Å². The third kappa shape index (κ3) is 3.95. The van der Waals surface area contributed by atoms with Crippen molar-refractivity contribution in [3.05, 3.63) is 29.8 Å². The highest BCUT2D eigenvalue weighted by atomic mass is 16.5. The quantitative estimate of drug-likeness (QED) is 0.835. The van der Waals surface area contributed by atoms with E-state index >= 15 is 0 Å². The highest BCUT2D eigenvalue weighted by molar-refractivity contribution is 5.29. The van der Waals surface area contributed by atoms with Crippen LogP contribution in [0.5, 0.6) is 5.75 Å². The van der Waals surface area contributed by atoms with Crippen LogP contribution in [0.4, 0.5) is 0 Å². The molecule has 0 spiro atoms. The average Bonchev–Trinajstić information content (AvgIpc) is 2.49. The summed E-state index contributed by atoms with van der Waals surface area (Å²) in [6.45, 7) is 2.46. The van der Waals surface area contributed by atoms with E-state index in [1.54, 1.807) is 7.11 Å². The molecule has 1 aliphatic heterocycles. The van der Waals surface area contributed by atoms with Gasteiger partial charge in [-0.1, -0.05) is 18.6 Å². The molecular weight excluding hydrogens is 252 g/mol. The molecule has 0 bridgehead atoms. The summed E-state index contributed by atoms with van der Waals surface area (Å²) in [7, 11) is 1.65. The first-order valence-electron chi connectivity index (χ1n) is 7.50. The lowest BCUT2D eigenvalue weighted by molar-refractivity contribution is 0.0646. The van der Waals surface area contributed by atoms with Crippen LogP contribution in [0.3, 0.4) is 0 Å². The van der Waals surface area contributed by atoms with Gasteiger partial charge in [0.05, 0.1) is 13.2 Å². The van der Waals surface area contributed by atoms with Crippen molar-refractivity contribution in [3.63, 3.8) is 0 Å². The van der Waals surface area contributed by atoms with Crippen molar-refractivity contribution in [1.29, 1.82) is 0 Å². The lowest BCUT2D eigenvalue weighted by atomic mass is 9.98. The lowest BCUT2D eigenvalue weighted by Crippen LogP contribution is -2.42. The summed E-state index contributed by atoms with van der Waals surface area (Å²) < 4.78 is 5.21. The van der Waals surface area contributed by atoms with Crippen LogP contribution in [-0.4, -0.2) is 42.8 Å². The van der Waals surface area contributed by atoms with Crippen molar-refractivity contribution < 1.29 is 9.84 Å². The number of nitrogens with two attached hydrogens (primary N) is 1. The Hall–Kier alpha value is -1.10. The molecule has 4 heteroatoms. The van der Waals surface area contributed by atoms with Crippen molar-refractivity contribution in [3.8, 4) is 5.75 Å². The van der Waals surface area contributed by atoms with Crippen LogP contribution in [0.15, 0.2) is 24.3 Å². The second-order valence-electron chi connectivity index (χ2n) is 5.51. The number of piperidine rings is 1. The van der Waals surface area contributed by atoms with Crippen LogP contribution in [-0.2, 0) is 0 Å². The second-order valence-corrected chi connectivity index (χ2v) is 5.51. The fourth-order valence-corrected chi connectivity index (χ4v) is 3.00. The molecule has 1 fully saturated rings. The van der Waals surface area contributed by atoms with Crippen LogP contribution >= 0.6 is 0 Å². The van der Waals surface area contributed by atoms with E-state index < -0.39 is 6.10 Å². The van der Waals surface area contributed by atoms with Gasteiger partial charge in [0.1, 0.15) is 5.75 Å². The molecule has 1 aliphatic rings. The van der Waals surface area contributed by atoms with Crippen LogP contribution < -0.4 is 10.5 Å². The number of hydrogen-bond donors (Lipinski definition) is 2. The maximum absolute atomic E-state index is 10.5. The van der Waals surface area contributed by atoms with Gasteiger partial charge in [0.2, 0.25) is 0 Å². The number of rotatable bonds is 6. The van der Waals surface area contributed by atoms with E-state index in [4.69, 9.17) is 10.5 Å². The minimum absolute atomic E-state index is 0.469. The standard InChI is InChI=1S/C16H26N2O2/c1-20-15-7-4-5-13(11-15)16(19)12-18-10-3-2-6-14(18)8-9-17/h4-5,7,11,14,16,19H,2-3,6,8-10,12,17H2,1H3. The fraction of sp³-hybridized carbons (Fsp3) is 0.625. The van der Waals surface area contributed by atoms with Crippen molar-refractivity contribution in [1.82, 2.24) is 4.90 Å². The van der Waals surface area contributed by atoms with Crippen molar-refractivity contribution in [2.45, 2.75) is 37.8 Å². The van der Waals surface area contributed by atoms with Crippen LogP contribution in [0.25, 0.3) is 0 Å². The highest BCUT2D eigenvalue weighted by Gasteiger charge is 2.24. The maximum atomic E-state index is 10.5. The topological polar surface area (TPSA) is 58.7 Å². The molecule has 112 valence electrons. The van der Waals surface area contributed by atoms with Crippen LogP contribution in [0.2, 0.25) is 0 Å². The first kappa shape index (κ1) is 15.3. The van der Waals surface area contributed by atoms with Gasteiger partial charge in [0.25, 0.3) is 0 Å². The Balaban J connectivity index is 1.99. The van der Waals surface area contributed by atoms with E-state index in [1.807, 2.05) is 24.3 Å². The zero-order valence-electron chi connectivity index (χ0n) is 12.3. The molecule has 2 rings (SSSR count). The van der Waals surface area contributed by atoms with E-state index in [9.17, 15) is 5.11 Å². The number of aliphatic hydroxyl groups excluding tert-OH is 1. The van der Waals surface area contributed by atoms with Gasteiger partial charge in [0.15, 0.2) is 0 Å². The second kappa shape index (κ2) is 7.62. The zero-order valence-corrected chi connectivity index (χ0v) is 12.3. The Morgan fingerprint density at radius 1 is 1.45 bits per heavy atom. The molecule has 20 heavy (non-hydrogen) atoms. The number of nitrogens with zero attached hydrogens (tertiary/aromatic N) is 1. The maximum Gasteiger partial charge on any atom is 0.119 e. The number of likely N-dealkylation sites (tertiary alicyclic amines) is 1. The van der Waals surface area contributed by atoms with Gasteiger partial charge in [-0.15, -0.1) is 0 Å². The van der Waals surface area contributed by atoms with Gasteiger partial charge in [0, 0.05) is 12.6 Å². The Morgan fingerprint density at radius 3 is 3.05 bits per heavy atom. The third-order valence-electron chi connectivity index (χ3n) is 4.13. The summed E-state index contributed by atoms with van der Waals surface area (Å²) in [5.74, 6) is 0.790. The minimum Gasteiger partial charge on any atom is -0.497 e. The summed E-state index contributed by atoms with van der Waals surface area (Å²) >= 11 is 0. The summed E-state index contributed by atoms with van der Waals surface area (Å²) in [6, 6.07) is 8.20. The molecule has 0 radical (unpaired) electrons. The molecule has 0 saturated carbocycles. The summed E-state index contributed by atoms with van der Waals surface area (Å²) in [5.41, 5.74) is 6.61. The van der Waals surface area contributed by atoms with Gasteiger partial charge < -0.3 is 15.6 Å². The lowest BCUT2D eigenvalue weighted by Gasteiger charge is -2.37. The third-order valence-corrected chi connectivity index (χ3v) is 4.13. The number of hydrogen-bond acceptors (Lipinski definition) is 4. The summed E-state index contributed by atoms with van der Waals surface area (Å²) in [5, 5.41) is 10.5. The highest BCUT2D eigenvalue weighted by Crippen LogP contribution is 2.24. The zero-order chi connectivity index (χ0) is 14.4. The minimum atomic E-state index is -0.469. The molecule has 0 aromatic heterocycles. The van der Waals surface area contributed by atoms with Crippen LogP contribution in [0.1, 0.15) is 37.4 Å². The van der Waals surface area contributed by atoms with Crippen molar-refractivity contribution >= 4 is 0 Å². The molecule has 1 aromatic carbocycles. The predicted octanol–water partition coefficient (Wildman–Crippen LogP) is 1.93. The molecule has 1 saturated heterocycles. The first-order valence-corrected chi connectivity index (χ1v) is 7.50. The van der Waals surface area contributed by atoms with Gasteiger partial charge >= 0.3 is 0 Å². The van der Waals surface area contributed by atoms with E-state index in [0.29, 0.717) is 12.6 Å². The fourth-order valence-electron chi connectivity index (χ4n) is 3.00. The number of methoxy groups -OCH3 is 1. The monoisotopic (exact) mass is 278 g/mol. The van der Waals surface area contributed by atoms with E-state index in [1.165, 1.54) is 19.3 Å². The predicted molar refractivity (Wildman–Crippen MR) is 80.8 cm³/mol. The van der Waals surface area contributed by atoms with Gasteiger partial charge in [-0.25, -0.2) is 0 Å². The van der Waals surface area contributed by atoms with Crippen LogP contribution in [0, 0.1) is 0 Å². The largest absolute Gasteiger partial charge is 0.497 e. The van der Waals surface area contributed by atoms with E-state index in [2.05, 4.69) is 4.90 Å². The number of ether oxygens (including phenoxy) is 1. The SMILES string of the molecule is COc1cccc(C(O)CN2CCCCC2CCN)c1. The molecule has 1 heterocycles. The molecule has 1 aromatic rings. The van der Waals surface area contributed by atoms with Gasteiger partial charge in [-0.3, -0.25) is 4.90 Å². The molecule has 3 N–H and O–H groups in total. The number of β-amino-alcohol motifs (C(OH)–C–C–N with tert-alkyl or cyclic N) is 1. The smallest absolute Gasteiger partial charge is 0.119 e.